The van der Waals surface area contributed by atoms with Crippen molar-refractivity contribution >= 4 is 10.8 Å². The Morgan fingerprint density at radius 3 is 2.50 bits per heavy atom. The van der Waals surface area contributed by atoms with Gasteiger partial charge in [0.25, 0.3) is 0 Å². The molecule has 2 aromatic rings. The topological polar surface area (TPSA) is 32.3 Å². The van der Waals surface area contributed by atoms with Crippen LogP contribution >= 0.6 is 0 Å². The van der Waals surface area contributed by atoms with Crippen LogP contribution in [0.25, 0.3) is 10.8 Å². The summed E-state index contributed by atoms with van der Waals surface area (Å²) in [4.78, 5) is 0. The largest absolute Gasteiger partial charge is 0.316 e. The molecule has 0 aliphatic carbocycles. The molecule has 0 radical (unpaired) electrons. The quantitative estimate of drug-likeness (QED) is 0.708. The molecule has 0 aliphatic heterocycles. The summed E-state index contributed by atoms with van der Waals surface area (Å²) in [5.74, 6) is 0. The van der Waals surface area contributed by atoms with Crippen molar-refractivity contribution in [3.63, 3.8) is 0 Å². The standard InChI is InChI=1S/C12H13NO/c1-9(13-14)11-7-6-10-4-2-3-5-12(10)8-11/h2-9,13-14H,1H3. The van der Waals surface area contributed by atoms with Crippen molar-refractivity contribution in [2.75, 3.05) is 0 Å². The molecule has 0 saturated carbocycles. The van der Waals surface area contributed by atoms with Crippen LogP contribution in [0.3, 0.4) is 0 Å². The third-order valence-corrected chi connectivity index (χ3v) is 2.47. The van der Waals surface area contributed by atoms with Gasteiger partial charge in [0.2, 0.25) is 0 Å². The molecule has 2 aromatic carbocycles. The molecule has 2 nitrogen and oxygen atoms in total. The van der Waals surface area contributed by atoms with Crippen LogP contribution in [0.4, 0.5) is 0 Å². The third-order valence-electron chi connectivity index (χ3n) is 2.47. The highest BCUT2D eigenvalue weighted by Crippen LogP contribution is 2.19. The van der Waals surface area contributed by atoms with E-state index in [2.05, 4.69) is 29.7 Å². The fourth-order valence-electron chi connectivity index (χ4n) is 1.55. The summed E-state index contributed by atoms with van der Waals surface area (Å²) >= 11 is 0. The maximum absolute atomic E-state index is 8.81. The molecule has 2 N–H and O–H groups in total. The first-order valence-electron chi connectivity index (χ1n) is 4.69. The molecule has 0 bridgehead atoms. The second-order valence-corrected chi connectivity index (χ2v) is 3.46. The van der Waals surface area contributed by atoms with Gasteiger partial charge in [-0.15, -0.1) is 0 Å². The average molecular weight is 187 g/mol. The van der Waals surface area contributed by atoms with Gasteiger partial charge in [0.1, 0.15) is 0 Å². The maximum atomic E-state index is 8.81. The summed E-state index contributed by atoms with van der Waals surface area (Å²) in [6, 6.07) is 14.3. The van der Waals surface area contributed by atoms with Crippen LogP contribution in [-0.2, 0) is 0 Å². The monoisotopic (exact) mass is 187 g/mol. The molecule has 0 spiro atoms. The number of rotatable bonds is 2. The van der Waals surface area contributed by atoms with E-state index in [-0.39, 0.29) is 6.04 Å². The van der Waals surface area contributed by atoms with Gasteiger partial charge in [0, 0.05) is 0 Å². The summed E-state index contributed by atoms with van der Waals surface area (Å²) < 4.78 is 0. The van der Waals surface area contributed by atoms with E-state index < -0.39 is 0 Å². The lowest BCUT2D eigenvalue weighted by Gasteiger charge is -2.09. The van der Waals surface area contributed by atoms with Crippen LogP contribution in [-0.4, -0.2) is 5.21 Å². The normalized spacial score (nSPS) is 13.0. The number of fused-ring (bicyclic) bond motifs is 1. The molecule has 0 amide bonds. The van der Waals surface area contributed by atoms with E-state index in [1.165, 1.54) is 10.8 Å². The Labute approximate surface area is 83.1 Å². The van der Waals surface area contributed by atoms with Gasteiger partial charge in [-0.3, -0.25) is 0 Å². The SMILES string of the molecule is CC(NO)c1ccc2ccccc2c1. The molecule has 72 valence electrons. The van der Waals surface area contributed by atoms with Gasteiger partial charge >= 0.3 is 0 Å². The minimum absolute atomic E-state index is 0.0281. The molecular weight excluding hydrogens is 174 g/mol. The summed E-state index contributed by atoms with van der Waals surface area (Å²) in [6.07, 6.45) is 0. The first-order valence-corrected chi connectivity index (χ1v) is 4.69. The number of nitrogens with one attached hydrogen (secondary N) is 1. The van der Waals surface area contributed by atoms with Crippen LogP contribution in [0, 0.1) is 0 Å². The molecule has 0 saturated heterocycles. The van der Waals surface area contributed by atoms with Crippen LogP contribution in [0.5, 0.6) is 0 Å². The average Bonchev–Trinajstić information content (AvgIpc) is 2.27. The zero-order chi connectivity index (χ0) is 9.97. The zero-order valence-corrected chi connectivity index (χ0v) is 8.07. The van der Waals surface area contributed by atoms with E-state index in [0.717, 1.165) is 5.56 Å². The molecule has 1 atom stereocenters. The van der Waals surface area contributed by atoms with Crippen molar-refractivity contribution in [2.24, 2.45) is 0 Å². The molecule has 14 heavy (non-hydrogen) atoms. The summed E-state index contributed by atoms with van der Waals surface area (Å²) in [6.45, 7) is 1.92. The highest BCUT2D eigenvalue weighted by Gasteiger charge is 2.03. The smallest absolute Gasteiger partial charge is 0.0540 e. The lowest BCUT2D eigenvalue weighted by Crippen LogP contribution is -2.12. The Balaban J connectivity index is 2.51. The molecule has 0 fully saturated rings. The molecule has 0 aliphatic rings. The van der Waals surface area contributed by atoms with Gasteiger partial charge in [-0.25, -0.2) is 0 Å². The van der Waals surface area contributed by atoms with Crippen molar-refractivity contribution in [2.45, 2.75) is 13.0 Å². The Bertz CT molecular complexity index is 439. The van der Waals surface area contributed by atoms with Gasteiger partial charge in [0.15, 0.2) is 0 Å². The Morgan fingerprint density at radius 1 is 1.07 bits per heavy atom. The predicted molar refractivity (Wildman–Crippen MR) is 57.3 cm³/mol. The Hall–Kier alpha value is -1.38. The molecular formula is C12H13NO. The molecule has 0 heterocycles. The minimum atomic E-state index is -0.0281. The summed E-state index contributed by atoms with van der Waals surface area (Å²) in [5, 5.41) is 11.2. The van der Waals surface area contributed by atoms with E-state index in [1.54, 1.807) is 0 Å². The molecule has 2 heteroatoms. The highest BCUT2D eigenvalue weighted by atomic mass is 16.5. The lowest BCUT2D eigenvalue weighted by atomic mass is 10.0. The fraction of sp³-hybridized carbons (Fsp3) is 0.167. The first kappa shape index (κ1) is 9.19. The van der Waals surface area contributed by atoms with Crippen LogP contribution in [0.1, 0.15) is 18.5 Å². The second-order valence-electron chi connectivity index (χ2n) is 3.46. The van der Waals surface area contributed by atoms with Gasteiger partial charge in [-0.1, -0.05) is 36.4 Å². The fourth-order valence-corrected chi connectivity index (χ4v) is 1.55. The summed E-state index contributed by atoms with van der Waals surface area (Å²) in [5.41, 5.74) is 3.33. The van der Waals surface area contributed by atoms with Gasteiger partial charge in [0.05, 0.1) is 6.04 Å². The lowest BCUT2D eigenvalue weighted by molar-refractivity contribution is 0.133. The Kier molecular flexibility index (Phi) is 2.48. The molecule has 0 aromatic heterocycles. The van der Waals surface area contributed by atoms with Crippen LogP contribution in [0.2, 0.25) is 0 Å². The zero-order valence-electron chi connectivity index (χ0n) is 8.07. The van der Waals surface area contributed by atoms with Crippen molar-refractivity contribution in [1.82, 2.24) is 5.48 Å². The van der Waals surface area contributed by atoms with Gasteiger partial charge in [-0.05, 0) is 29.3 Å². The summed E-state index contributed by atoms with van der Waals surface area (Å²) in [7, 11) is 0. The Morgan fingerprint density at radius 2 is 1.79 bits per heavy atom. The third kappa shape index (κ3) is 1.62. The number of hydrogen-bond donors (Lipinski definition) is 2. The first-order chi connectivity index (χ1) is 6.81. The van der Waals surface area contributed by atoms with Gasteiger partial charge in [-0.2, -0.15) is 5.48 Å². The van der Waals surface area contributed by atoms with E-state index in [1.807, 2.05) is 25.1 Å². The predicted octanol–water partition coefficient (Wildman–Crippen LogP) is 2.88. The maximum Gasteiger partial charge on any atom is 0.0540 e. The van der Waals surface area contributed by atoms with E-state index in [9.17, 15) is 0 Å². The van der Waals surface area contributed by atoms with Crippen molar-refractivity contribution < 1.29 is 5.21 Å². The van der Waals surface area contributed by atoms with Crippen molar-refractivity contribution in [3.05, 3.63) is 48.0 Å². The van der Waals surface area contributed by atoms with Crippen molar-refractivity contribution in [1.29, 1.82) is 0 Å². The van der Waals surface area contributed by atoms with Crippen molar-refractivity contribution in [3.8, 4) is 0 Å². The van der Waals surface area contributed by atoms with E-state index in [4.69, 9.17) is 5.21 Å². The molecule has 1 unspecified atom stereocenters. The molecule has 2 rings (SSSR count). The highest BCUT2D eigenvalue weighted by molar-refractivity contribution is 5.83. The van der Waals surface area contributed by atoms with E-state index >= 15 is 0 Å². The van der Waals surface area contributed by atoms with Gasteiger partial charge < -0.3 is 5.21 Å². The van der Waals surface area contributed by atoms with Crippen LogP contribution < -0.4 is 5.48 Å². The second kappa shape index (κ2) is 3.78. The number of hydrogen-bond acceptors (Lipinski definition) is 2. The number of benzene rings is 2. The minimum Gasteiger partial charge on any atom is -0.316 e. The van der Waals surface area contributed by atoms with Crippen LogP contribution in [0.15, 0.2) is 42.5 Å². The number of hydroxylamine groups is 1. The van der Waals surface area contributed by atoms with E-state index in [0.29, 0.717) is 0 Å².